The zero-order chi connectivity index (χ0) is 20.7. The molecule has 0 rings (SSSR count). The highest BCUT2D eigenvalue weighted by Crippen LogP contribution is 2.20. The van der Waals surface area contributed by atoms with Crippen molar-refractivity contribution in [3.8, 4) is 0 Å². The summed E-state index contributed by atoms with van der Waals surface area (Å²) in [6, 6.07) is -1.45. The maximum absolute atomic E-state index is 13.4. The number of aliphatic hydroxyl groups is 1. The first-order valence-corrected chi connectivity index (χ1v) is 8.29. The van der Waals surface area contributed by atoms with Gasteiger partial charge in [-0.15, -0.1) is 0 Å². The molecule has 8 nitrogen and oxygen atoms in total. The van der Waals surface area contributed by atoms with Crippen LogP contribution in [0.1, 0.15) is 54.4 Å². The van der Waals surface area contributed by atoms with Gasteiger partial charge in [-0.25, -0.2) is 18.8 Å². The van der Waals surface area contributed by atoms with Crippen molar-refractivity contribution in [2.75, 3.05) is 13.7 Å². The van der Waals surface area contributed by atoms with Crippen LogP contribution in [0.2, 0.25) is 0 Å². The molecule has 0 aliphatic rings. The molecule has 0 fully saturated rings. The number of amides is 2. The highest BCUT2D eigenvalue weighted by Gasteiger charge is 2.41. The van der Waals surface area contributed by atoms with Crippen LogP contribution >= 0.6 is 0 Å². The molecule has 0 aliphatic heterocycles. The lowest BCUT2D eigenvalue weighted by molar-refractivity contribution is -0.147. The summed E-state index contributed by atoms with van der Waals surface area (Å²) in [6.07, 6.45) is -4.35. The molecule has 2 amide bonds. The van der Waals surface area contributed by atoms with E-state index in [1.54, 1.807) is 41.5 Å². The summed E-state index contributed by atoms with van der Waals surface area (Å²) < 4.78 is 28.4. The van der Waals surface area contributed by atoms with E-state index in [0.29, 0.717) is 4.90 Å². The van der Waals surface area contributed by atoms with Crippen LogP contribution in [0.4, 0.5) is 14.0 Å². The Balaban J connectivity index is 5.73. The maximum Gasteiger partial charge on any atom is 0.420 e. The number of halogens is 1. The fourth-order valence-corrected chi connectivity index (χ4v) is 1.87. The fraction of sp³-hybridized carbons (Fsp3) is 0.824. The molecule has 26 heavy (non-hydrogen) atoms. The van der Waals surface area contributed by atoms with Crippen LogP contribution in [0.25, 0.3) is 0 Å². The molecule has 0 spiro atoms. The Hall–Kier alpha value is -1.90. The predicted octanol–water partition coefficient (Wildman–Crippen LogP) is 2.81. The van der Waals surface area contributed by atoms with Gasteiger partial charge in [-0.3, -0.25) is 0 Å². The third-order valence-corrected chi connectivity index (χ3v) is 2.92. The second-order valence-corrected chi connectivity index (χ2v) is 7.73. The van der Waals surface area contributed by atoms with Gasteiger partial charge in [0.25, 0.3) is 0 Å². The number of hydrogen-bond donors (Lipinski definition) is 1. The minimum atomic E-state index is -1.61. The fourth-order valence-electron chi connectivity index (χ4n) is 1.87. The Morgan fingerprint density at radius 3 is 1.69 bits per heavy atom. The highest BCUT2D eigenvalue weighted by atomic mass is 19.1. The summed E-state index contributed by atoms with van der Waals surface area (Å²) in [6.45, 7) is 8.81. The van der Waals surface area contributed by atoms with Crippen molar-refractivity contribution >= 4 is 18.2 Å². The summed E-state index contributed by atoms with van der Waals surface area (Å²) in [5, 5.41) is 8.82. The van der Waals surface area contributed by atoms with Crippen molar-refractivity contribution in [2.45, 2.75) is 77.8 Å². The Morgan fingerprint density at radius 2 is 1.38 bits per heavy atom. The third kappa shape index (κ3) is 8.98. The molecule has 0 saturated heterocycles. The van der Waals surface area contributed by atoms with Gasteiger partial charge in [0.1, 0.15) is 23.4 Å². The van der Waals surface area contributed by atoms with Crippen LogP contribution in [0, 0.1) is 0 Å². The highest BCUT2D eigenvalue weighted by molar-refractivity contribution is 5.94. The van der Waals surface area contributed by atoms with Crippen LogP contribution in [-0.4, -0.2) is 65.3 Å². The predicted molar refractivity (Wildman–Crippen MR) is 91.3 cm³/mol. The smallest absolute Gasteiger partial charge is 0.420 e. The summed E-state index contributed by atoms with van der Waals surface area (Å²) in [7, 11) is 1.08. The number of imide groups is 1. The number of carbonyl (C=O) groups excluding carboxylic acids is 3. The van der Waals surface area contributed by atoms with Crippen molar-refractivity contribution in [3.05, 3.63) is 0 Å². The van der Waals surface area contributed by atoms with Gasteiger partial charge in [0.2, 0.25) is 0 Å². The molecular formula is C17H30FNO7. The van der Waals surface area contributed by atoms with E-state index in [2.05, 4.69) is 4.74 Å². The molecule has 0 radical (unpaired) electrons. The van der Waals surface area contributed by atoms with Crippen molar-refractivity contribution in [1.29, 1.82) is 0 Å². The Bertz CT molecular complexity index is 468. The number of rotatable bonds is 6. The van der Waals surface area contributed by atoms with Crippen molar-refractivity contribution < 1.29 is 38.1 Å². The summed E-state index contributed by atoms with van der Waals surface area (Å²) in [5.74, 6) is -0.924. The summed E-state index contributed by atoms with van der Waals surface area (Å²) in [4.78, 5) is 37.7. The standard InChI is InChI=1S/C17H30FNO7/c1-16(2,3)25-14(22)19(15(23)26-17(4,5)6)12(13(21)24-7)9-8-11(18)10-20/h11-12,20H,8-10H2,1-7H3/t11?,12-/m0/s1. The Labute approximate surface area is 153 Å². The summed E-state index contributed by atoms with van der Waals surface area (Å²) in [5.41, 5.74) is -1.88. The van der Waals surface area contributed by atoms with E-state index in [1.165, 1.54) is 0 Å². The van der Waals surface area contributed by atoms with Crippen molar-refractivity contribution in [3.63, 3.8) is 0 Å². The number of nitrogens with zero attached hydrogens (tertiary/aromatic N) is 1. The molecule has 0 aromatic rings. The van der Waals surface area contributed by atoms with Gasteiger partial charge in [0.15, 0.2) is 0 Å². The van der Waals surface area contributed by atoms with Crippen LogP contribution in [0.15, 0.2) is 0 Å². The van der Waals surface area contributed by atoms with E-state index in [0.717, 1.165) is 7.11 Å². The second-order valence-electron chi connectivity index (χ2n) is 7.73. The van der Waals surface area contributed by atoms with Gasteiger partial charge < -0.3 is 19.3 Å². The molecule has 152 valence electrons. The van der Waals surface area contributed by atoms with E-state index >= 15 is 0 Å². The number of esters is 1. The monoisotopic (exact) mass is 379 g/mol. The third-order valence-electron chi connectivity index (χ3n) is 2.92. The van der Waals surface area contributed by atoms with E-state index in [9.17, 15) is 18.8 Å². The zero-order valence-corrected chi connectivity index (χ0v) is 16.5. The van der Waals surface area contributed by atoms with E-state index in [-0.39, 0.29) is 12.8 Å². The number of aliphatic hydroxyl groups excluding tert-OH is 1. The van der Waals surface area contributed by atoms with Gasteiger partial charge in [0, 0.05) is 0 Å². The molecule has 0 bridgehead atoms. The molecule has 0 aliphatic carbocycles. The van der Waals surface area contributed by atoms with Gasteiger partial charge in [-0.2, -0.15) is 4.90 Å². The topological polar surface area (TPSA) is 102 Å². The SMILES string of the molecule is COC(=O)[C@H](CCC(F)CO)N(C(=O)OC(C)(C)C)C(=O)OC(C)(C)C. The van der Waals surface area contributed by atoms with Crippen LogP contribution in [-0.2, 0) is 19.0 Å². The lowest BCUT2D eigenvalue weighted by atomic mass is 10.1. The summed E-state index contributed by atoms with van der Waals surface area (Å²) >= 11 is 0. The number of hydrogen-bond acceptors (Lipinski definition) is 7. The normalized spacial score (nSPS) is 14.2. The number of ether oxygens (including phenoxy) is 3. The molecule has 1 unspecified atom stereocenters. The average Bonchev–Trinajstić information content (AvgIpc) is 2.46. The van der Waals surface area contributed by atoms with Crippen LogP contribution in [0.5, 0.6) is 0 Å². The molecule has 9 heteroatoms. The molecular weight excluding hydrogens is 349 g/mol. The lowest BCUT2D eigenvalue weighted by Gasteiger charge is -2.32. The van der Waals surface area contributed by atoms with E-state index < -0.39 is 48.2 Å². The first kappa shape index (κ1) is 24.1. The molecule has 0 aromatic heterocycles. The van der Waals surface area contributed by atoms with E-state index in [4.69, 9.17) is 14.6 Å². The second kappa shape index (κ2) is 9.70. The van der Waals surface area contributed by atoms with Gasteiger partial charge >= 0.3 is 18.2 Å². The molecule has 2 atom stereocenters. The first-order valence-electron chi connectivity index (χ1n) is 8.29. The zero-order valence-electron chi connectivity index (χ0n) is 16.5. The molecule has 1 N–H and O–H groups in total. The molecule has 0 saturated carbocycles. The molecule has 0 aromatic carbocycles. The first-order chi connectivity index (χ1) is 11.7. The lowest BCUT2D eigenvalue weighted by Crippen LogP contribution is -2.52. The number of carbonyl (C=O) groups is 3. The van der Waals surface area contributed by atoms with Crippen molar-refractivity contribution in [1.82, 2.24) is 4.90 Å². The Kier molecular flexibility index (Phi) is 8.99. The van der Waals surface area contributed by atoms with Crippen LogP contribution < -0.4 is 0 Å². The van der Waals surface area contributed by atoms with Gasteiger partial charge in [-0.05, 0) is 54.4 Å². The number of alkyl halides is 1. The van der Waals surface area contributed by atoms with Crippen LogP contribution in [0.3, 0.4) is 0 Å². The quantitative estimate of drug-likeness (QED) is 0.559. The average molecular weight is 379 g/mol. The molecule has 0 heterocycles. The number of methoxy groups -OCH3 is 1. The van der Waals surface area contributed by atoms with Gasteiger partial charge in [-0.1, -0.05) is 0 Å². The maximum atomic E-state index is 13.4. The Morgan fingerprint density at radius 1 is 0.962 bits per heavy atom. The van der Waals surface area contributed by atoms with Crippen molar-refractivity contribution in [2.24, 2.45) is 0 Å². The minimum absolute atomic E-state index is 0.257. The van der Waals surface area contributed by atoms with Gasteiger partial charge in [0.05, 0.1) is 13.7 Å². The van der Waals surface area contributed by atoms with E-state index in [1.807, 2.05) is 0 Å². The largest absolute Gasteiger partial charge is 0.467 e. The minimum Gasteiger partial charge on any atom is -0.467 e.